The van der Waals surface area contributed by atoms with Gasteiger partial charge in [0.05, 0.1) is 0 Å². The second-order valence-corrected chi connectivity index (χ2v) is 5.16. The lowest BCUT2D eigenvalue weighted by atomic mass is 10.1. The van der Waals surface area contributed by atoms with Gasteiger partial charge >= 0.3 is 5.97 Å². The van der Waals surface area contributed by atoms with Crippen molar-refractivity contribution >= 4 is 17.6 Å². The minimum absolute atomic E-state index is 0.321. The van der Waals surface area contributed by atoms with Gasteiger partial charge in [-0.2, -0.15) is 0 Å². The SMILES string of the molecule is CC(C)(C)OC(=O)C(N)Cc1cccnc1Cl. The Morgan fingerprint density at radius 3 is 2.76 bits per heavy atom. The topological polar surface area (TPSA) is 65.2 Å². The molecule has 0 bridgehead atoms. The van der Waals surface area contributed by atoms with Crippen LogP contribution in [0, 0.1) is 0 Å². The molecule has 1 atom stereocenters. The summed E-state index contributed by atoms with van der Waals surface area (Å²) >= 11 is 5.89. The zero-order chi connectivity index (χ0) is 13.1. The lowest BCUT2D eigenvalue weighted by Crippen LogP contribution is -2.38. The monoisotopic (exact) mass is 256 g/mol. The van der Waals surface area contributed by atoms with E-state index in [1.807, 2.05) is 0 Å². The molecule has 1 heterocycles. The van der Waals surface area contributed by atoms with Crippen LogP contribution in [0.25, 0.3) is 0 Å². The van der Waals surface area contributed by atoms with Crippen molar-refractivity contribution in [2.75, 3.05) is 0 Å². The molecule has 0 aromatic carbocycles. The highest BCUT2D eigenvalue weighted by Gasteiger charge is 2.22. The third-order valence-electron chi connectivity index (χ3n) is 1.99. The van der Waals surface area contributed by atoms with Crippen molar-refractivity contribution in [2.45, 2.75) is 38.8 Å². The molecule has 0 radical (unpaired) electrons. The predicted molar refractivity (Wildman–Crippen MR) is 66.8 cm³/mol. The molecule has 0 saturated carbocycles. The van der Waals surface area contributed by atoms with Gasteiger partial charge in [-0.15, -0.1) is 0 Å². The summed E-state index contributed by atoms with van der Waals surface area (Å²) in [5.41, 5.74) is 5.97. The molecule has 0 aliphatic heterocycles. The van der Waals surface area contributed by atoms with E-state index in [0.717, 1.165) is 5.56 Å². The van der Waals surface area contributed by atoms with E-state index in [9.17, 15) is 4.79 Å². The molecule has 0 amide bonds. The van der Waals surface area contributed by atoms with Crippen molar-refractivity contribution < 1.29 is 9.53 Å². The Kier molecular flexibility index (Phi) is 4.48. The molecular weight excluding hydrogens is 240 g/mol. The molecule has 0 fully saturated rings. The van der Waals surface area contributed by atoms with Crippen LogP contribution in [0.3, 0.4) is 0 Å². The normalized spacial score (nSPS) is 13.2. The van der Waals surface area contributed by atoms with Crippen molar-refractivity contribution in [1.29, 1.82) is 0 Å². The van der Waals surface area contributed by atoms with Gasteiger partial charge in [0.25, 0.3) is 0 Å². The van der Waals surface area contributed by atoms with Gasteiger partial charge in [0.1, 0.15) is 16.8 Å². The van der Waals surface area contributed by atoms with E-state index in [2.05, 4.69) is 4.98 Å². The lowest BCUT2D eigenvalue weighted by molar-refractivity contribution is -0.156. The molecule has 0 spiro atoms. The number of rotatable bonds is 3. The number of nitrogens with two attached hydrogens (primary N) is 1. The van der Waals surface area contributed by atoms with Crippen LogP contribution in [-0.2, 0) is 16.0 Å². The number of ether oxygens (including phenoxy) is 1. The molecule has 0 saturated heterocycles. The fourth-order valence-corrected chi connectivity index (χ4v) is 1.47. The van der Waals surface area contributed by atoms with Crippen LogP contribution in [0.15, 0.2) is 18.3 Å². The number of carbonyl (C=O) groups is 1. The summed E-state index contributed by atoms with van der Waals surface area (Å²) in [5, 5.41) is 0.367. The van der Waals surface area contributed by atoms with E-state index in [1.165, 1.54) is 0 Å². The Hall–Kier alpha value is -1.13. The first-order chi connectivity index (χ1) is 7.79. The Morgan fingerprint density at radius 2 is 2.24 bits per heavy atom. The number of nitrogens with zero attached hydrogens (tertiary/aromatic N) is 1. The molecule has 0 aliphatic rings. The highest BCUT2D eigenvalue weighted by molar-refractivity contribution is 6.30. The summed E-state index contributed by atoms with van der Waals surface area (Å²) < 4.78 is 5.18. The molecule has 1 unspecified atom stereocenters. The summed E-state index contributed by atoms with van der Waals surface area (Å²) in [6, 6.07) is 2.82. The second kappa shape index (κ2) is 5.47. The number of esters is 1. The highest BCUT2D eigenvalue weighted by atomic mass is 35.5. The van der Waals surface area contributed by atoms with E-state index in [0.29, 0.717) is 11.6 Å². The predicted octanol–water partition coefficient (Wildman–Crippen LogP) is 1.95. The van der Waals surface area contributed by atoms with Crippen LogP contribution in [0.5, 0.6) is 0 Å². The molecule has 17 heavy (non-hydrogen) atoms. The molecule has 1 aromatic heterocycles. The molecular formula is C12H17ClN2O2. The van der Waals surface area contributed by atoms with Crippen LogP contribution in [0.2, 0.25) is 5.15 Å². The van der Waals surface area contributed by atoms with Crippen molar-refractivity contribution in [1.82, 2.24) is 4.98 Å². The van der Waals surface area contributed by atoms with Gasteiger partial charge in [0.2, 0.25) is 0 Å². The minimum Gasteiger partial charge on any atom is -0.459 e. The van der Waals surface area contributed by atoms with Crippen molar-refractivity contribution in [2.24, 2.45) is 5.73 Å². The van der Waals surface area contributed by atoms with E-state index >= 15 is 0 Å². The zero-order valence-electron chi connectivity index (χ0n) is 10.2. The lowest BCUT2D eigenvalue weighted by Gasteiger charge is -2.22. The summed E-state index contributed by atoms with van der Waals surface area (Å²) in [5.74, 6) is -0.433. The number of carbonyl (C=O) groups excluding carboxylic acids is 1. The van der Waals surface area contributed by atoms with E-state index in [1.54, 1.807) is 39.1 Å². The first-order valence-corrected chi connectivity index (χ1v) is 5.75. The van der Waals surface area contributed by atoms with E-state index < -0.39 is 17.6 Å². The summed E-state index contributed by atoms with van der Waals surface area (Å²) in [6.45, 7) is 5.40. The summed E-state index contributed by atoms with van der Waals surface area (Å²) in [4.78, 5) is 15.6. The first-order valence-electron chi connectivity index (χ1n) is 5.37. The van der Waals surface area contributed by atoms with Crippen molar-refractivity contribution in [3.8, 4) is 0 Å². The minimum atomic E-state index is -0.726. The number of hydrogen-bond donors (Lipinski definition) is 1. The van der Waals surface area contributed by atoms with E-state index in [-0.39, 0.29) is 0 Å². The maximum Gasteiger partial charge on any atom is 0.323 e. The Labute approximate surface area is 106 Å². The standard InChI is InChI=1S/C12H17ClN2O2/c1-12(2,3)17-11(16)9(14)7-8-5-4-6-15-10(8)13/h4-6,9H,7,14H2,1-3H3. The average Bonchev–Trinajstić information content (AvgIpc) is 2.18. The smallest absolute Gasteiger partial charge is 0.323 e. The Balaban J connectivity index is 2.64. The Bertz CT molecular complexity index is 402. The van der Waals surface area contributed by atoms with Gasteiger partial charge in [-0.05, 0) is 32.4 Å². The fraction of sp³-hybridized carbons (Fsp3) is 0.500. The van der Waals surface area contributed by atoms with Gasteiger partial charge in [-0.1, -0.05) is 17.7 Å². The van der Waals surface area contributed by atoms with Crippen LogP contribution in [-0.4, -0.2) is 22.6 Å². The van der Waals surface area contributed by atoms with Gasteiger partial charge in [-0.25, -0.2) is 4.98 Å². The molecule has 0 aliphatic carbocycles. The molecule has 2 N–H and O–H groups in total. The first kappa shape index (κ1) is 13.9. The third kappa shape index (κ3) is 4.71. The second-order valence-electron chi connectivity index (χ2n) is 4.80. The van der Waals surface area contributed by atoms with E-state index in [4.69, 9.17) is 22.1 Å². The van der Waals surface area contributed by atoms with Gasteiger partial charge in [-0.3, -0.25) is 4.79 Å². The Morgan fingerprint density at radius 1 is 1.59 bits per heavy atom. The summed E-state index contributed by atoms with van der Waals surface area (Å²) in [7, 11) is 0. The van der Waals surface area contributed by atoms with Crippen LogP contribution in [0.4, 0.5) is 0 Å². The quantitative estimate of drug-likeness (QED) is 0.663. The molecule has 1 aromatic rings. The largest absolute Gasteiger partial charge is 0.459 e. The van der Waals surface area contributed by atoms with Crippen LogP contribution >= 0.6 is 11.6 Å². The number of pyridine rings is 1. The number of aromatic nitrogens is 1. The maximum absolute atomic E-state index is 11.7. The third-order valence-corrected chi connectivity index (χ3v) is 2.33. The highest BCUT2D eigenvalue weighted by Crippen LogP contribution is 2.15. The van der Waals surface area contributed by atoms with Gasteiger partial charge in [0, 0.05) is 12.6 Å². The molecule has 4 nitrogen and oxygen atoms in total. The number of halogens is 1. The maximum atomic E-state index is 11.7. The van der Waals surface area contributed by atoms with Crippen LogP contribution in [0.1, 0.15) is 26.3 Å². The van der Waals surface area contributed by atoms with Crippen LogP contribution < -0.4 is 5.73 Å². The molecule has 1 rings (SSSR count). The van der Waals surface area contributed by atoms with Gasteiger partial charge in [0.15, 0.2) is 0 Å². The van der Waals surface area contributed by atoms with Gasteiger partial charge < -0.3 is 10.5 Å². The summed E-state index contributed by atoms with van der Waals surface area (Å²) in [6.07, 6.45) is 1.91. The molecule has 5 heteroatoms. The fourth-order valence-electron chi connectivity index (χ4n) is 1.27. The van der Waals surface area contributed by atoms with Crippen molar-refractivity contribution in [3.05, 3.63) is 29.0 Å². The molecule has 94 valence electrons. The average molecular weight is 257 g/mol. The number of hydrogen-bond acceptors (Lipinski definition) is 4. The van der Waals surface area contributed by atoms with Crippen molar-refractivity contribution in [3.63, 3.8) is 0 Å². The zero-order valence-corrected chi connectivity index (χ0v) is 11.0.